The van der Waals surface area contributed by atoms with Gasteiger partial charge in [-0.1, -0.05) is 12.1 Å². The van der Waals surface area contributed by atoms with Gasteiger partial charge in [0, 0.05) is 40.8 Å². The van der Waals surface area contributed by atoms with Gasteiger partial charge >= 0.3 is 0 Å². The summed E-state index contributed by atoms with van der Waals surface area (Å²) in [5, 5.41) is 5.61. The van der Waals surface area contributed by atoms with Crippen LogP contribution in [0.5, 0.6) is 0 Å². The van der Waals surface area contributed by atoms with Gasteiger partial charge in [-0.2, -0.15) is 0 Å². The van der Waals surface area contributed by atoms with Crippen molar-refractivity contribution >= 4 is 22.3 Å². The van der Waals surface area contributed by atoms with Crippen molar-refractivity contribution in [1.29, 1.82) is 0 Å². The zero-order valence-corrected chi connectivity index (χ0v) is 15.1. The number of nitrogen functional groups attached to an aromatic ring is 1. The Labute approximate surface area is 152 Å². The molecule has 2 heterocycles. The molecule has 1 fully saturated rings. The van der Waals surface area contributed by atoms with Crippen molar-refractivity contribution in [1.82, 2.24) is 9.88 Å². The third-order valence-electron chi connectivity index (χ3n) is 5.12. The minimum atomic E-state index is -0.209. The van der Waals surface area contributed by atoms with Crippen molar-refractivity contribution in [2.24, 2.45) is 0 Å². The first-order valence-electron chi connectivity index (χ1n) is 8.91. The number of benzene rings is 2. The van der Waals surface area contributed by atoms with E-state index in [0.29, 0.717) is 17.4 Å². The fraction of sp³-hybridized carbons (Fsp3) is 0.286. The van der Waals surface area contributed by atoms with Gasteiger partial charge in [-0.15, -0.1) is 0 Å². The summed E-state index contributed by atoms with van der Waals surface area (Å²) in [5.41, 5.74) is 9.30. The molecule has 4 rings (SSSR count). The number of fused-ring (bicyclic) bond motifs is 1. The van der Waals surface area contributed by atoms with Crippen molar-refractivity contribution in [2.45, 2.75) is 19.4 Å². The summed E-state index contributed by atoms with van der Waals surface area (Å²) in [7, 11) is 2.13. The lowest BCUT2D eigenvalue weighted by Gasteiger charge is -2.18. The maximum absolute atomic E-state index is 14.5. The minimum absolute atomic E-state index is 0.209. The summed E-state index contributed by atoms with van der Waals surface area (Å²) in [5.74, 6) is 0.276. The Morgan fingerprint density at radius 2 is 2.12 bits per heavy atom. The van der Waals surface area contributed by atoms with Gasteiger partial charge in [0.2, 0.25) is 0 Å². The van der Waals surface area contributed by atoms with Crippen molar-refractivity contribution in [2.75, 3.05) is 31.2 Å². The van der Waals surface area contributed by atoms with Gasteiger partial charge in [0.15, 0.2) is 0 Å². The summed E-state index contributed by atoms with van der Waals surface area (Å²) < 4.78 is 14.5. The lowest BCUT2D eigenvalue weighted by atomic mass is 9.96. The Morgan fingerprint density at radius 1 is 1.27 bits per heavy atom. The van der Waals surface area contributed by atoms with Gasteiger partial charge in [-0.05, 0) is 62.3 Å². The predicted octanol–water partition coefficient (Wildman–Crippen LogP) is 4.05. The second kappa shape index (κ2) is 6.57. The topological polar surface area (TPSA) is 54.2 Å². The van der Waals surface area contributed by atoms with Crippen LogP contribution in [0.3, 0.4) is 0 Å². The smallest absolute Gasteiger partial charge is 0.131 e. The van der Waals surface area contributed by atoms with Crippen LogP contribution in [0.4, 0.5) is 15.9 Å². The number of likely N-dealkylation sites (N-methyl/N-ethyl adjacent to an activating group) is 1. The predicted molar refractivity (Wildman–Crippen MR) is 106 cm³/mol. The van der Waals surface area contributed by atoms with Crippen LogP contribution in [0, 0.1) is 12.7 Å². The first-order valence-corrected chi connectivity index (χ1v) is 8.91. The summed E-state index contributed by atoms with van der Waals surface area (Å²) >= 11 is 0. The third kappa shape index (κ3) is 3.10. The van der Waals surface area contributed by atoms with Crippen molar-refractivity contribution < 1.29 is 4.39 Å². The Bertz CT molecular complexity index is 949. The molecule has 3 aromatic rings. The highest BCUT2D eigenvalue weighted by molar-refractivity contribution is 5.98. The number of nitrogens with two attached hydrogens (primary N) is 1. The molecule has 5 heteroatoms. The molecule has 1 unspecified atom stereocenters. The third-order valence-corrected chi connectivity index (χ3v) is 5.12. The van der Waals surface area contributed by atoms with Gasteiger partial charge in [-0.3, -0.25) is 0 Å². The average molecular weight is 350 g/mol. The number of anilines is 2. The molecule has 134 valence electrons. The number of aromatic nitrogens is 1. The standard InChI is InChI=1S/C21H23FN4/c1-13-4-3-5-18(22)21(13)14-8-15-11-24-20(23)10-17(15)19(9-14)25-16-6-7-26(2)12-16/h3-5,8-11,16,25H,6-7,12H2,1-2H3,(H2,23,24). The molecule has 0 aliphatic carbocycles. The first-order chi connectivity index (χ1) is 12.5. The molecule has 1 atom stereocenters. The highest BCUT2D eigenvalue weighted by atomic mass is 19.1. The second-order valence-electron chi connectivity index (χ2n) is 7.18. The maximum atomic E-state index is 14.5. The van der Waals surface area contributed by atoms with E-state index in [1.807, 2.05) is 31.2 Å². The van der Waals surface area contributed by atoms with Crippen LogP contribution in [0.2, 0.25) is 0 Å². The Morgan fingerprint density at radius 3 is 2.85 bits per heavy atom. The van der Waals surface area contributed by atoms with E-state index in [9.17, 15) is 4.39 Å². The summed E-state index contributed by atoms with van der Waals surface area (Å²) in [4.78, 5) is 6.53. The van der Waals surface area contributed by atoms with Crippen LogP contribution < -0.4 is 11.1 Å². The van der Waals surface area contributed by atoms with Crippen molar-refractivity contribution in [3.05, 3.63) is 54.0 Å². The zero-order valence-electron chi connectivity index (χ0n) is 15.1. The molecule has 0 bridgehead atoms. The molecule has 3 N–H and O–H groups in total. The van der Waals surface area contributed by atoms with Crippen LogP contribution in [0.1, 0.15) is 12.0 Å². The van der Waals surface area contributed by atoms with Gasteiger partial charge in [-0.25, -0.2) is 9.37 Å². The molecule has 1 aromatic heterocycles. The number of nitrogens with one attached hydrogen (secondary N) is 1. The molecule has 0 amide bonds. The van der Waals surface area contributed by atoms with E-state index in [4.69, 9.17) is 5.73 Å². The molecule has 0 spiro atoms. The van der Waals surface area contributed by atoms with Gasteiger partial charge in [0.1, 0.15) is 11.6 Å². The fourth-order valence-corrected chi connectivity index (χ4v) is 3.81. The van der Waals surface area contributed by atoms with E-state index in [1.165, 1.54) is 6.07 Å². The summed E-state index contributed by atoms with van der Waals surface area (Å²) in [6, 6.07) is 11.5. The van der Waals surface area contributed by atoms with E-state index < -0.39 is 0 Å². The monoisotopic (exact) mass is 350 g/mol. The molecule has 1 aliphatic heterocycles. The molecular weight excluding hydrogens is 327 g/mol. The number of aryl methyl sites for hydroxylation is 1. The van der Waals surface area contributed by atoms with Crippen LogP contribution >= 0.6 is 0 Å². The molecule has 4 nitrogen and oxygen atoms in total. The Kier molecular flexibility index (Phi) is 4.24. The molecule has 0 saturated carbocycles. The average Bonchev–Trinajstić information content (AvgIpc) is 3.00. The van der Waals surface area contributed by atoms with Gasteiger partial charge < -0.3 is 16.0 Å². The highest BCUT2D eigenvalue weighted by Crippen LogP contribution is 2.35. The molecule has 26 heavy (non-hydrogen) atoms. The fourth-order valence-electron chi connectivity index (χ4n) is 3.81. The van der Waals surface area contributed by atoms with Crippen LogP contribution in [0.25, 0.3) is 21.9 Å². The van der Waals surface area contributed by atoms with E-state index in [0.717, 1.165) is 47.1 Å². The van der Waals surface area contributed by atoms with Crippen LogP contribution in [-0.4, -0.2) is 36.1 Å². The minimum Gasteiger partial charge on any atom is -0.384 e. The number of hydrogen-bond donors (Lipinski definition) is 2. The number of rotatable bonds is 3. The molecule has 1 aliphatic rings. The number of likely N-dealkylation sites (tertiary alicyclic amines) is 1. The molecule has 1 saturated heterocycles. The SMILES string of the molecule is Cc1cccc(F)c1-c1cc(NC2CCN(C)C2)c2cc(N)ncc2c1. The van der Waals surface area contributed by atoms with Crippen molar-refractivity contribution in [3.8, 4) is 11.1 Å². The van der Waals surface area contributed by atoms with E-state index in [1.54, 1.807) is 12.3 Å². The Hall–Kier alpha value is -2.66. The molecule has 2 aromatic carbocycles. The van der Waals surface area contributed by atoms with E-state index in [2.05, 4.69) is 22.2 Å². The summed E-state index contributed by atoms with van der Waals surface area (Å²) in [6.07, 6.45) is 2.85. The molecular formula is C21H23FN4. The zero-order chi connectivity index (χ0) is 18.3. The lowest BCUT2D eigenvalue weighted by molar-refractivity contribution is 0.414. The number of pyridine rings is 1. The second-order valence-corrected chi connectivity index (χ2v) is 7.18. The lowest BCUT2D eigenvalue weighted by Crippen LogP contribution is -2.23. The number of hydrogen-bond acceptors (Lipinski definition) is 4. The van der Waals surface area contributed by atoms with E-state index in [-0.39, 0.29) is 5.82 Å². The number of halogens is 1. The summed E-state index contributed by atoms with van der Waals surface area (Å²) in [6.45, 7) is 4.00. The molecule has 0 radical (unpaired) electrons. The van der Waals surface area contributed by atoms with Crippen LogP contribution in [-0.2, 0) is 0 Å². The quantitative estimate of drug-likeness (QED) is 0.748. The maximum Gasteiger partial charge on any atom is 0.131 e. The van der Waals surface area contributed by atoms with Crippen molar-refractivity contribution in [3.63, 3.8) is 0 Å². The van der Waals surface area contributed by atoms with Gasteiger partial charge in [0.05, 0.1) is 0 Å². The normalized spacial score (nSPS) is 17.7. The van der Waals surface area contributed by atoms with Gasteiger partial charge in [0.25, 0.3) is 0 Å². The van der Waals surface area contributed by atoms with E-state index >= 15 is 0 Å². The number of nitrogens with zero attached hydrogens (tertiary/aromatic N) is 2. The van der Waals surface area contributed by atoms with Crippen LogP contribution in [0.15, 0.2) is 42.6 Å². The largest absolute Gasteiger partial charge is 0.384 e. The Balaban J connectivity index is 1.86. The highest BCUT2D eigenvalue weighted by Gasteiger charge is 2.20. The first kappa shape index (κ1) is 16.8.